The van der Waals surface area contributed by atoms with E-state index in [9.17, 15) is 14.4 Å². The maximum absolute atomic E-state index is 12.6. The summed E-state index contributed by atoms with van der Waals surface area (Å²) < 4.78 is 1.42. The fourth-order valence-corrected chi connectivity index (χ4v) is 3.74. The monoisotopic (exact) mass is 385 g/mol. The van der Waals surface area contributed by atoms with Gasteiger partial charge in [-0.1, -0.05) is 0 Å². The topological polar surface area (TPSA) is 71.4 Å². The lowest BCUT2D eigenvalue weighted by atomic mass is 9.96. The average Bonchev–Trinajstić information content (AvgIpc) is 3.20. The minimum Gasteiger partial charge on any atom is -0.352 e. The van der Waals surface area contributed by atoms with Crippen LogP contribution in [-0.4, -0.2) is 40.9 Å². The molecule has 1 N–H and O–H groups in total. The molecule has 1 aliphatic heterocycles. The first-order chi connectivity index (χ1) is 13.0. The van der Waals surface area contributed by atoms with E-state index in [4.69, 9.17) is 0 Å². The predicted molar refractivity (Wildman–Crippen MR) is 107 cm³/mol. The number of carbonyl (C=O) groups is 2. The molecule has 1 aliphatic rings. The van der Waals surface area contributed by atoms with E-state index < -0.39 is 0 Å². The summed E-state index contributed by atoms with van der Waals surface area (Å²) in [6.45, 7) is 1.80. The molecule has 3 heterocycles. The van der Waals surface area contributed by atoms with E-state index >= 15 is 0 Å². The second-order valence-corrected chi connectivity index (χ2v) is 7.49. The number of piperidine rings is 1. The standard InChI is InChI=1S/C20H23N3O3S/c1-22-9-2-3-17(19(22)25)20(26)23-10-6-15(7-11-23)13-21-18(24)5-4-16-8-12-27-14-16/h2-5,8-9,12,14-15H,6-7,10-11,13H2,1H3,(H,21,24)/b5-4+. The van der Waals surface area contributed by atoms with Crippen LogP contribution in [0.3, 0.4) is 0 Å². The first-order valence-corrected chi connectivity index (χ1v) is 9.92. The lowest BCUT2D eigenvalue weighted by molar-refractivity contribution is -0.116. The van der Waals surface area contributed by atoms with Crippen molar-refractivity contribution < 1.29 is 9.59 Å². The Morgan fingerprint density at radius 1 is 1.30 bits per heavy atom. The second-order valence-electron chi connectivity index (χ2n) is 6.71. The Morgan fingerprint density at radius 2 is 2.07 bits per heavy atom. The Hall–Kier alpha value is -2.67. The molecule has 0 bridgehead atoms. The van der Waals surface area contributed by atoms with Gasteiger partial charge in [0.25, 0.3) is 11.5 Å². The Labute approximate surface area is 162 Å². The highest BCUT2D eigenvalue weighted by molar-refractivity contribution is 7.08. The summed E-state index contributed by atoms with van der Waals surface area (Å²) in [5.74, 6) is 0.0241. The largest absolute Gasteiger partial charge is 0.352 e. The molecule has 2 amide bonds. The van der Waals surface area contributed by atoms with Crippen molar-refractivity contribution in [2.24, 2.45) is 13.0 Å². The molecule has 0 atom stereocenters. The van der Waals surface area contributed by atoms with Crippen molar-refractivity contribution in [2.45, 2.75) is 12.8 Å². The van der Waals surface area contributed by atoms with Gasteiger partial charge in [0.1, 0.15) is 5.56 Å². The number of hydrogen-bond acceptors (Lipinski definition) is 4. The molecule has 2 aromatic heterocycles. The molecule has 2 aromatic rings. The average molecular weight is 385 g/mol. The van der Waals surface area contributed by atoms with Gasteiger partial charge in [-0.3, -0.25) is 14.4 Å². The van der Waals surface area contributed by atoms with Gasteiger partial charge in [0.05, 0.1) is 0 Å². The summed E-state index contributed by atoms with van der Waals surface area (Å²) in [6, 6.07) is 5.25. The molecule has 1 fully saturated rings. The van der Waals surface area contributed by atoms with E-state index in [0.29, 0.717) is 25.6 Å². The zero-order valence-corrected chi connectivity index (χ0v) is 16.1. The van der Waals surface area contributed by atoms with Crippen LogP contribution in [0.25, 0.3) is 6.08 Å². The lowest BCUT2D eigenvalue weighted by Gasteiger charge is -2.32. The second kappa shape index (κ2) is 8.81. The number of hydrogen-bond donors (Lipinski definition) is 1. The Kier molecular flexibility index (Phi) is 6.24. The first-order valence-electron chi connectivity index (χ1n) is 8.97. The number of nitrogens with one attached hydrogen (secondary N) is 1. The van der Waals surface area contributed by atoms with Crippen LogP contribution in [0.2, 0.25) is 0 Å². The molecule has 0 aliphatic carbocycles. The van der Waals surface area contributed by atoms with Crippen LogP contribution in [0, 0.1) is 5.92 Å². The molecule has 0 aromatic carbocycles. The summed E-state index contributed by atoms with van der Waals surface area (Å²) in [5, 5.41) is 6.88. The number of aromatic nitrogens is 1. The number of carbonyl (C=O) groups excluding carboxylic acids is 2. The van der Waals surface area contributed by atoms with Crippen molar-refractivity contribution in [3.8, 4) is 0 Å². The van der Waals surface area contributed by atoms with Crippen LogP contribution in [-0.2, 0) is 11.8 Å². The molecule has 0 saturated carbocycles. The smallest absolute Gasteiger partial charge is 0.263 e. The van der Waals surface area contributed by atoms with Gasteiger partial charge in [0, 0.05) is 39.0 Å². The molecule has 1 saturated heterocycles. The minimum absolute atomic E-state index is 0.104. The predicted octanol–water partition coefficient (Wildman–Crippen LogP) is 2.13. The van der Waals surface area contributed by atoms with Gasteiger partial charge >= 0.3 is 0 Å². The maximum atomic E-state index is 12.6. The van der Waals surface area contributed by atoms with Gasteiger partial charge in [-0.25, -0.2) is 0 Å². The number of pyridine rings is 1. The summed E-state index contributed by atoms with van der Waals surface area (Å²) in [4.78, 5) is 38.3. The molecule has 0 unspecified atom stereocenters. The molecule has 6 nitrogen and oxygen atoms in total. The lowest BCUT2D eigenvalue weighted by Crippen LogP contribution is -2.43. The van der Waals surface area contributed by atoms with E-state index in [-0.39, 0.29) is 22.9 Å². The van der Waals surface area contributed by atoms with Gasteiger partial charge in [-0.2, -0.15) is 11.3 Å². The van der Waals surface area contributed by atoms with Crippen molar-refractivity contribution in [1.29, 1.82) is 0 Å². The van der Waals surface area contributed by atoms with E-state index in [1.165, 1.54) is 4.57 Å². The molecule has 0 spiro atoms. The molecule has 0 radical (unpaired) electrons. The van der Waals surface area contributed by atoms with Gasteiger partial charge in [-0.15, -0.1) is 0 Å². The van der Waals surface area contributed by atoms with Crippen LogP contribution in [0.4, 0.5) is 0 Å². The normalized spacial score (nSPS) is 15.2. The Morgan fingerprint density at radius 3 is 2.78 bits per heavy atom. The van der Waals surface area contributed by atoms with Crippen molar-refractivity contribution in [2.75, 3.05) is 19.6 Å². The first kappa shape index (κ1) is 19.1. The summed E-state index contributed by atoms with van der Waals surface area (Å²) in [5.41, 5.74) is 0.966. The maximum Gasteiger partial charge on any atom is 0.263 e. The number of aryl methyl sites for hydroxylation is 1. The third kappa shape index (κ3) is 4.95. The van der Waals surface area contributed by atoms with Gasteiger partial charge in [0.2, 0.25) is 5.91 Å². The number of amides is 2. The molecule has 3 rings (SSSR count). The van der Waals surface area contributed by atoms with Crippen molar-refractivity contribution >= 4 is 29.2 Å². The van der Waals surface area contributed by atoms with E-state index in [1.807, 2.05) is 16.8 Å². The van der Waals surface area contributed by atoms with E-state index in [0.717, 1.165) is 18.4 Å². The highest BCUT2D eigenvalue weighted by Crippen LogP contribution is 2.18. The summed E-state index contributed by atoms with van der Waals surface area (Å²) >= 11 is 1.59. The number of rotatable bonds is 5. The van der Waals surface area contributed by atoms with Crippen molar-refractivity contribution in [3.63, 3.8) is 0 Å². The van der Waals surface area contributed by atoms with Crippen LogP contribution in [0.1, 0.15) is 28.8 Å². The van der Waals surface area contributed by atoms with Crippen LogP contribution >= 0.6 is 11.3 Å². The summed E-state index contributed by atoms with van der Waals surface area (Å²) in [6.07, 6.45) is 6.61. The number of nitrogens with zero attached hydrogens (tertiary/aromatic N) is 2. The van der Waals surface area contributed by atoms with Crippen LogP contribution < -0.4 is 10.9 Å². The van der Waals surface area contributed by atoms with Crippen LogP contribution in [0.15, 0.2) is 46.0 Å². The summed E-state index contributed by atoms with van der Waals surface area (Å²) in [7, 11) is 1.64. The van der Waals surface area contributed by atoms with E-state index in [1.54, 1.807) is 53.8 Å². The molecule has 142 valence electrons. The number of thiophene rings is 1. The fourth-order valence-electron chi connectivity index (χ4n) is 3.12. The van der Waals surface area contributed by atoms with Gasteiger partial charge < -0.3 is 14.8 Å². The third-order valence-corrected chi connectivity index (χ3v) is 5.49. The quantitative estimate of drug-likeness (QED) is 0.802. The number of likely N-dealkylation sites (tertiary alicyclic amines) is 1. The van der Waals surface area contributed by atoms with Gasteiger partial charge in [-0.05, 0) is 59.4 Å². The highest BCUT2D eigenvalue weighted by atomic mass is 32.1. The Bertz CT molecular complexity index is 878. The molecular formula is C20H23N3O3S. The molecular weight excluding hydrogens is 362 g/mol. The van der Waals surface area contributed by atoms with Crippen molar-refractivity contribution in [3.05, 3.63) is 62.7 Å². The van der Waals surface area contributed by atoms with E-state index in [2.05, 4.69) is 5.32 Å². The zero-order valence-electron chi connectivity index (χ0n) is 15.3. The highest BCUT2D eigenvalue weighted by Gasteiger charge is 2.25. The van der Waals surface area contributed by atoms with Crippen LogP contribution in [0.5, 0.6) is 0 Å². The Balaban J connectivity index is 1.46. The SMILES string of the molecule is Cn1cccc(C(=O)N2CCC(CNC(=O)/C=C/c3ccsc3)CC2)c1=O. The molecule has 7 heteroatoms. The third-order valence-electron chi connectivity index (χ3n) is 4.79. The van der Waals surface area contributed by atoms with Crippen molar-refractivity contribution in [1.82, 2.24) is 14.8 Å². The minimum atomic E-state index is -0.269. The fraction of sp³-hybridized carbons (Fsp3) is 0.350. The molecule has 27 heavy (non-hydrogen) atoms. The van der Waals surface area contributed by atoms with Gasteiger partial charge in [0.15, 0.2) is 0 Å². The zero-order chi connectivity index (χ0) is 19.2.